The number of nitrogens with two attached hydrogens (primary N) is 1. The van der Waals surface area contributed by atoms with Gasteiger partial charge in [-0.2, -0.15) is 12.6 Å². The second-order valence-corrected chi connectivity index (χ2v) is 8.27. The molecular formula is C22H31N5O5S. The Morgan fingerprint density at radius 1 is 1.15 bits per heavy atom. The Morgan fingerprint density at radius 3 is 2.48 bits per heavy atom. The summed E-state index contributed by atoms with van der Waals surface area (Å²) in [6.07, 6.45) is 2.63. The van der Waals surface area contributed by atoms with E-state index in [1.165, 1.54) is 0 Å². The number of amides is 3. The van der Waals surface area contributed by atoms with Crippen molar-refractivity contribution < 1.29 is 24.3 Å². The second-order valence-electron chi connectivity index (χ2n) is 7.90. The predicted molar refractivity (Wildman–Crippen MR) is 128 cm³/mol. The number of rotatable bonds is 12. The van der Waals surface area contributed by atoms with Gasteiger partial charge in [0.15, 0.2) is 0 Å². The molecule has 33 heavy (non-hydrogen) atoms. The van der Waals surface area contributed by atoms with E-state index in [1.807, 2.05) is 31.2 Å². The third kappa shape index (κ3) is 7.22. The monoisotopic (exact) mass is 477 g/mol. The van der Waals surface area contributed by atoms with Gasteiger partial charge in [0.2, 0.25) is 17.7 Å². The van der Waals surface area contributed by atoms with E-state index in [2.05, 4.69) is 33.6 Å². The molecule has 3 amide bonds. The zero-order valence-electron chi connectivity index (χ0n) is 18.6. The largest absolute Gasteiger partial charge is 0.480 e. The summed E-state index contributed by atoms with van der Waals surface area (Å²) in [5.74, 6) is -3.27. The van der Waals surface area contributed by atoms with Crippen LogP contribution in [-0.4, -0.2) is 64.2 Å². The van der Waals surface area contributed by atoms with Crippen molar-refractivity contribution >= 4 is 47.2 Å². The van der Waals surface area contributed by atoms with Crippen molar-refractivity contribution in [2.24, 2.45) is 11.7 Å². The van der Waals surface area contributed by atoms with Gasteiger partial charge in [0, 0.05) is 22.9 Å². The van der Waals surface area contributed by atoms with E-state index in [1.54, 1.807) is 13.1 Å². The summed E-state index contributed by atoms with van der Waals surface area (Å²) >= 11 is 4.07. The van der Waals surface area contributed by atoms with Crippen molar-refractivity contribution in [1.29, 1.82) is 0 Å². The highest BCUT2D eigenvalue weighted by atomic mass is 32.1. The summed E-state index contributed by atoms with van der Waals surface area (Å²) in [7, 11) is 0. The predicted octanol–water partition coefficient (Wildman–Crippen LogP) is 0.184. The number of carboxylic acids is 1. The van der Waals surface area contributed by atoms with Crippen molar-refractivity contribution in [3.63, 3.8) is 0 Å². The van der Waals surface area contributed by atoms with Gasteiger partial charge in [0.25, 0.3) is 0 Å². The van der Waals surface area contributed by atoms with E-state index in [4.69, 9.17) is 5.73 Å². The lowest BCUT2D eigenvalue weighted by atomic mass is 9.99. The van der Waals surface area contributed by atoms with Crippen LogP contribution in [0.15, 0.2) is 30.5 Å². The van der Waals surface area contributed by atoms with Gasteiger partial charge in [-0.3, -0.25) is 14.4 Å². The molecule has 0 fully saturated rings. The molecule has 1 heterocycles. The molecule has 0 aliphatic carbocycles. The van der Waals surface area contributed by atoms with Crippen LogP contribution in [0.5, 0.6) is 0 Å². The molecule has 1 aromatic carbocycles. The number of aromatic nitrogens is 1. The van der Waals surface area contributed by atoms with Crippen LogP contribution in [0.4, 0.5) is 0 Å². The number of aliphatic carboxylic acids is 1. The number of carboxylic acid groups (broad SMARTS) is 1. The summed E-state index contributed by atoms with van der Waals surface area (Å²) in [6, 6.07) is 4.65. The number of hydrogen-bond acceptors (Lipinski definition) is 6. The maximum Gasteiger partial charge on any atom is 0.326 e. The molecule has 0 bridgehead atoms. The maximum absolute atomic E-state index is 12.4. The fraction of sp³-hybridized carbons (Fsp3) is 0.455. The van der Waals surface area contributed by atoms with Gasteiger partial charge in [-0.05, 0) is 24.0 Å². The van der Waals surface area contributed by atoms with Crippen LogP contribution in [0.1, 0.15) is 25.8 Å². The van der Waals surface area contributed by atoms with Gasteiger partial charge in [-0.1, -0.05) is 38.5 Å². The highest BCUT2D eigenvalue weighted by Crippen LogP contribution is 2.18. The SMILES string of the molecule is CCC(C)C(NC(=O)C(CS)NC(=O)CNC(=O)C(N)Cc1c[nH]c2ccccc12)C(=O)O. The van der Waals surface area contributed by atoms with Crippen LogP contribution in [0.25, 0.3) is 10.9 Å². The first kappa shape index (κ1) is 26.2. The number of carbonyl (C=O) groups is 4. The lowest BCUT2D eigenvalue weighted by molar-refractivity contribution is -0.143. The van der Waals surface area contributed by atoms with E-state index >= 15 is 0 Å². The van der Waals surface area contributed by atoms with Crippen LogP contribution >= 0.6 is 12.6 Å². The standard InChI is InChI=1S/C22H31N5O5S/c1-3-12(2)19(22(31)32)27-21(30)17(11-33)26-18(28)10-25-20(29)15(23)8-13-9-24-16-7-5-4-6-14(13)16/h4-7,9,12,15,17,19,24,33H,3,8,10-11,23H2,1-2H3,(H,25,29)(H,26,28)(H,27,30)(H,31,32). The normalized spacial score (nSPS) is 14.7. The molecule has 0 aliphatic rings. The molecule has 0 saturated carbocycles. The number of hydrogen-bond donors (Lipinski definition) is 7. The number of fused-ring (bicyclic) bond motifs is 1. The van der Waals surface area contributed by atoms with Gasteiger partial charge < -0.3 is 31.8 Å². The molecule has 10 nitrogen and oxygen atoms in total. The summed E-state index contributed by atoms with van der Waals surface area (Å²) in [4.78, 5) is 51.5. The molecule has 11 heteroatoms. The minimum Gasteiger partial charge on any atom is -0.480 e. The van der Waals surface area contributed by atoms with Crippen LogP contribution in [0.3, 0.4) is 0 Å². The number of carbonyl (C=O) groups excluding carboxylic acids is 3. The Balaban J connectivity index is 1.86. The topological polar surface area (TPSA) is 166 Å². The Hall–Kier alpha value is -3.05. The van der Waals surface area contributed by atoms with Crippen molar-refractivity contribution in [3.05, 3.63) is 36.0 Å². The molecular weight excluding hydrogens is 446 g/mol. The van der Waals surface area contributed by atoms with E-state index in [9.17, 15) is 24.3 Å². The molecule has 4 atom stereocenters. The Kier molecular flexibility index (Phi) is 9.74. The molecule has 0 radical (unpaired) electrons. The summed E-state index contributed by atoms with van der Waals surface area (Å²) in [6.45, 7) is 3.14. The average molecular weight is 478 g/mol. The number of thiol groups is 1. The fourth-order valence-corrected chi connectivity index (χ4v) is 3.56. The first-order chi connectivity index (χ1) is 15.7. The van der Waals surface area contributed by atoms with E-state index in [0.717, 1.165) is 16.5 Å². The van der Waals surface area contributed by atoms with Crippen molar-refractivity contribution in [3.8, 4) is 0 Å². The highest BCUT2D eigenvalue weighted by molar-refractivity contribution is 7.80. The molecule has 2 aromatic rings. The van der Waals surface area contributed by atoms with Crippen LogP contribution in [-0.2, 0) is 25.6 Å². The maximum atomic E-state index is 12.4. The fourth-order valence-electron chi connectivity index (χ4n) is 3.31. The zero-order valence-corrected chi connectivity index (χ0v) is 19.5. The van der Waals surface area contributed by atoms with Gasteiger partial charge >= 0.3 is 5.97 Å². The molecule has 2 rings (SSSR count). The molecule has 1 aromatic heterocycles. The first-order valence-electron chi connectivity index (χ1n) is 10.7. The van der Waals surface area contributed by atoms with Crippen molar-refractivity contribution in [2.75, 3.05) is 12.3 Å². The summed E-state index contributed by atoms with van der Waals surface area (Å²) in [5, 5.41) is 17.6. The molecule has 180 valence electrons. The second kappa shape index (κ2) is 12.3. The lowest BCUT2D eigenvalue weighted by Crippen LogP contribution is -2.55. The van der Waals surface area contributed by atoms with Gasteiger partial charge in [-0.25, -0.2) is 4.79 Å². The minimum atomic E-state index is -1.15. The van der Waals surface area contributed by atoms with Gasteiger partial charge in [-0.15, -0.1) is 0 Å². The Bertz CT molecular complexity index is 994. The summed E-state index contributed by atoms with van der Waals surface area (Å²) < 4.78 is 0. The minimum absolute atomic E-state index is 0.0432. The smallest absolute Gasteiger partial charge is 0.326 e. The molecule has 7 N–H and O–H groups in total. The third-order valence-electron chi connectivity index (χ3n) is 5.49. The number of para-hydroxylation sites is 1. The summed E-state index contributed by atoms with van der Waals surface area (Å²) in [5.41, 5.74) is 7.82. The van der Waals surface area contributed by atoms with Crippen molar-refractivity contribution in [2.45, 2.75) is 44.8 Å². The van der Waals surface area contributed by atoms with Gasteiger partial charge in [0.1, 0.15) is 12.1 Å². The quantitative estimate of drug-likeness (QED) is 0.215. The Morgan fingerprint density at radius 2 is 1.85 bits per heavy atom. The molecule has 0 spiro atoms. The third-order valence-corrected chi connectivity index (χ3v) is 5.85. The van der Waals surface area contributed by atoms with E-state index in [-0.39, 0.29) is 24.6 Å². The molecule has 4 unspecified atom stereocenters. The number of aromatic amines is 1. The first-order valence-corrected chi connectivity index (χ1v) is 11.3. The number of benzene rings is 1. The van der Waals surface area contributed by atoms with Crippen LogP contribution in [0, 0.1) is 5.92 Å². The van der Waals surface area contributed by atoms with Gasteiger partial charge in [0.05, 0.1) is 12.6 Å². The van der Waals surface area contributed by atoms with E-state index < -0.39 is 41.8 Å². The van der Waals surface area contributed by atoms with Crippen molar-refractivity contribution in [1.82, 2.24) is 20.9 Å². The lowest BCUT2D eigenvalue weighted by Gasteiger charge is -2.23. The highest BCUT2D eigenvalue weighted by Gasteiger charge is 2.29. The van der Waals surface area contributed by atoms with Crippen LogP contribution in [0.2, 0.25) is 0 Å². The van der Waals surface area contributed by atoms with Crippen LogP contribution < -0.4 is 21.7 Å². The Labute approximate surface area is 197 Å². The zero-order chi connectivity index (χ0) is 24.5. The number of H-pyrrole nitrogens is 1. The average Bonchev–Trinajstić information content (AvgIpc) is 3.21. The van der Waals surface area contributed by atoms with E-state index in [0.29, 0.717) is 6.42 Å². The molecule has 0 aliphatic heterocycles. The molecule has 0 saturated heterocycles. The number of nitrogens with one attached hydrogen (secondary N) is 4.